The van der Waals surface area contributed by atoms with Gasteiger partial charge in [-0.2, -0.15) is 0 Å². The highest BCUT2D eigenvalue weighted by molar-refractivity contribution is 6.07. The number of carbonyl (C=O) groups is 2. The fourth-order valence-corrected chi connectivity index (χ4v) is 3.32. The van der Waals surface area contributed by atoms with E-state index in [-0.39, 0.29) is 29.7 Å². The average molecular weight is 236 g/mol. The maximum Gasteiger partial charge on any atom is 0.320 e. The van der Waals surface area contributed by atoms with E-state index in [9.17, 15) is 9.59 Å². The van der Waals surface area contributed by atoms with Crippen LogP contribution < -0.4 is 0 Å². The molecule has 0 saturated heterocycles. The maximum absolute atomic E-state index is 12.4. The number of ketones is 1. The summed E-state index contributed by atoms with van der Waals surface area (Å²) < 4.78 is 5.31. The normalized spacial score (nSPS) is 36.1. The van der Waals surface area contributed by atoms with Crippen LogP contribution in [0.15, 0.2) is 12.7 Å². The van der Waals surface area contributed by atoms with Gasteiger partial charge in [-0.3, -0.25) is 9.59 Å². The van der Waals surface area contributed by atoms with E-state index >= 15 is 0 Å². The molecule has 94 valence electrons. The van der Waals surface area contributed by atoms with Crippen LogP contribution >= 0.6 is 0 Å². The van der Waals surface area contributed by atoms with Gasteiger partial charge in [-0.05, 0) is 33.1 Å². The zero-order valence-electron chi connectivity index (χ0n) is 10.6. The third-order valence-corrected chi connectivity index (χ3v) is 4.10. The molecule has 0 aromatic carbocycles. The van der Waals surface area contributed by atoms with E-state index in [0.29, 0.717) is 6.42 Å². The topological polar surface area (TPSA) is 43.4 Å². The van der Waals surface area contributed by atoms with Crippen molar-refractivity contribution in [2.24, 2.45) is 17.3 Å². The van der Waals surface area contributed by atoms with Gasteiger partial charge in [0, 0.05) is 11.8 Å². The molecule has 0 aromatic heterocycles. The predicted molar refractivity (Wildman–Crippen MR) is 64.3 cm³/mol. The first kappa shape index (κ1) is 12.3. The summed E-state index contributed by atoms with van der Waals surface area (Å²) in [4.78, 5) is 24.6. The molecule has 17 heavy (non-hydrogen) atoms. The molecule has 2 aliphatic rings. The first-order chi connectivity index (χ1) is 8.02. The molecular weight excluding hydrogens is 216 g/mol. The third kappa shape index (κ3) is 1.72. The Morgan fingerprint density at radius 3 is 2.88 bits per heavy atom. The van der Waals surface area contributed by atoms with Gasteiger partial charge in [0.05, 0.1) is 6.10 Å². The van der Waals surface area contributed by atoms with Crippen LogP contribution in [0, 0.1) is 17.3 Å². The molecule has 0 unspecified atom stereocenters. The Hall–Kier alpha value is -1.12. The summed E-state index contributed by atoms with van der Waals surface area (Å²) in [5, 5.41) is 0. The summed E-state index contributed by atoms with van der Waals surface area (Å²) in [6, 6.07) is 0. The summed E-state index contributed by atoms with van der Waals surface area (Å²) in [6.45, 7) is 7.42. The molecule has 2 rings (SSSR count). The number of hydrogen-bond acceptors (Lipinski definition) is 3. The van der Waals surface area contributed by atoms with Crippen molar-refractivity contribution in [1.29, 1.82) is 0 Å². The number of ether oxygens (including phenoxy) is 1. The second-order valence-corrected chi connectivity index (χ2v) is 5.46. The van der Waals surface area contributed by atoms with Crippen LogP contribution in [0.5, 0.6) is 0 Å². The molecular formula is C14H20O3. The Morgan fingerprint density at radius 1 is 1.59 bits per heavy atom. The Labute approximate surface area is 102 Å². The Bertz CT molecular complexity index is 358. The van der Waals surface area contributed by atoms with E-state index in [1.165, 1.54) is 0 Å². The Balaban J connectivity index is 2.33. The van der Waals surface area contributed by atoms with Crippen molar-refractivity contribution in [2.45, 2.75) is 45.6 Å². The number of fused-ring (bicyclic) bond motifs is 2. The van der Waals surface area contributed by atoms with Crippen molar-refractivity contribution >= 4 is 11.8 Å². The van der Waals surface area contributed by atoms with E-state index in [1.54, 1.807) is 6.08 Å². The molecule has 0 radical (unpaired) electrons. The van der Waals surface area contributed by atoms with Crippen molar-refractivity contribution in [3.05, 3.63) is 12.7 Å². The first-order valence-corrected chi connectivity index (χ1v) is 6.40. The number of esters is 1. The van der Waals surface area contributed by atoms with E-state index in [0.717, 1.165) is 19.3 Å². The van der Waals surface area contributed by atoms with Crippen molar-refractivity contribution in [1.82, 2.24) is 0 Å². The fraction of sp³-hybridized carbons (Fsp3) is 0.714. The molecule has 2 bridgehead atoms. The third-order valence-electron chi connectivity index (χ3n) is 4.10. The van der Waals surface area contributed by atoms with Gasteiger partial charge < -0.3 is 4.74 Å². The standard InChI is InChI=1S/C14H20O3/c1-4-11-8-10-6-5-7-14(11,12(10)15)13(16)17-9(2)3/h4,9-11H,1,5-8H2,2-3H3/t10-,11-,14-/m1/s1. The highest BCUT2D eigenvalue weighted by Gasteiger charge is 2.61. The van der Waals surface area contributed by atoms with Crippen LogP contribution in [0.2, 0.25) is 0 Å². The van der Waals surface area contributed by atoms with E-state index in [2.05, 4.69) is 6.58 Å². The van der Waals surface area contributed by atoms with Crippen molar-refractivity contribution < 1.29 is 14.3 Å². The monoisotopic (exact) mass is 236 g/mol. The van der Waals surface area contributed by atoms with Crippen LogP contribution in [0.25, 0.3) is 0 Å². The largest absolute Gasteiger partial charge is 0.462 e. The summed E-state index contributed by atoms with van der Waals surface area (Å²) in [6.07, 6.45) is 4.86. The fourth-order valence-electron chi connectivity index (χ4n) is 3.32. The van der Waals surface area contributed by atoms with Gasteiger partial charge in [0.2, 0.25) is 0 Å². The van der Waals surface area contributed by atoms with E-state index < -0.39 is 5.41 Å². The van der Waals surface area contributed by atoms with Crippen LogP contribution in [-0.4, -0.2) is 17.9 Å². The molecule has 2 fully saturated rings. The Kier molecular flexibility index (Phi) is 3.11. The van der Waals surface area contributed by atoms with Crippen LogP contribution in [-0.2, 0) is 14.3 Å². The maximum atomic E-state index is 12.4. The molecule has 0 amide bonds. The molecule has 0 N–H and O–H groups in total. The van der Waals surface area contributed by atoms with Gasteiger partial charge in [0.1, 0.15) is 5.41 Å². The summed E-state index contributed by atoms with van der Waals surface area (Å²) in [5.41, 5.74) is -0.908. The molecule has 0 spiro atoms. The SMILES string of the molecule is C=C[C@@H]1C[C@H]2CCC[C@]1(C(=O)OC(C)C)C2=O. The van der Waals surface area contributed by atoms with Gasteiger partial charge in [-0.15, -0.1) is 6.58 Å². The zero-order valence-corrected chi connectivity index (χ0v) is 10.6. The van der Waals surface area contributed by atoms with Crippen LogP contribution in [0.3, 0.4) is 0 Å². The molecule has 3 atom stereocenters. The number of carbonyl (C=O) groups excluding carboxylic acids is 2. The van der Waals surface area contributed by atoms with Crippen molar-refractivity contribution in [3.8, 4) is 0 Å². The molecule has 3 nitrogen and oxygen atoms in total. The highest BCUT2D eigenvalue weighted by Crippen LogP contribution is 2.53. The lowest BCUT2D eigenvalue weighted by atomic mass is 9.70. The highest BCUT2D eigenvalue weighted by atomic mass is 16.5. The molecule has 2 aliphatic carbocycles. The van der Waals surface area contributed by atoms with Crippen LogP contribution in [0.1, 0.15) is 39.5 Å². The van der Waals surface area contributed by atoms with E-state index in [4.69, 9.17) is 4.74 Å². The lowest BCUT2D eigenvalue weighted by Gasteiger charge is -2.33. The molecule has 2 saturated carbocycles. The summed E-state index contributed by atoms with van der Waals surface area (Å²) in [5.74, 6) is -0.218. The van der Waals surface area contributed by atoms with E-state index in [1.807, 2.05) is 13.8 Å². The molecule has 0 aliphatic heterocycles. The molecule has 0 heterocycles. The number of hydrogen-bond donors (Lipinski definition) is 0. The molecule has 3 heteroatoms. The minimum Gasteiger partial charge on any atom is -0.462 e. The van der Waals surface area contributed by atoms with Crippen LogP contribution in [0.4, 0.5) is 0 Å². The smallest absolute Gasteiger partial charge is 0.320 e. The zero-order chi connectivity index (χ0) is 12.6. The lowest BCUT2D eigenvalue weighted by molar-refractivity contribution is -0.166. The van der Waals surface area contributed by atoms with Gasteiger partial charge in [0.25, 0.3) is 0 Å². The minimum absolute atomic E-state index is 0.0336. The number of allylic oxidation sites excluding steroid dienone is 1. The second kappa shape index (κ2) is 4.28. The van der Waals surface area contributed by atoms with Crippen molar-refractivity contribution in [3.63, 3.8) is 0 Å². The average Bonchev–Trinajstić information content (AvgIpc) is 2.46. The predicted octanol–water partition coefficient (Wildman–Crippen LogP) is 2.50. The Morgan fingerprint density at radius 2 is 2.29 bits per heavy atom. The van der Waals surface area contributed by atoms with Gasteiger partial charge >= 0.3 is 5.97 Å². The van der Waals surface area contributed by atoms with Gasteiger partial charge in [-0.1, -0.05) is 12.5 Å². The summed E-state index contributed by atoms with van der Waals surface area (Å²) in [7, 11) is 0. The summed E-state index contributed by atoms with van der Waals surface area (Å²) >= 11 is 0. The lowest BCUT2D eigenvalue weighted by Crippen LogP contribution is -2.45. The number of Topliss-reactive ketones (excluding diaryl/α,β-unsaturated/α-hetero) is 1. The first-order valence-electron chi connectivity index (χ1n) is 6.40. The number of rotatable bonds is 3. The molecule has 0 aromatic rings. The minimum atomic E-state index is -0.908. The second-order valence-electron chi connectivity index (χ2n) is 5.46. The van der Waals surface area contributed by atoms with Gasteiger partial charge in [-0.25, -0.2) is 0 Å². The van der Waals surface area contributed by atoms with Crippen molar-refractivity contribution in [2.75, 3.05) is 0 Å². The quantitative estimate of drug-likeness (QED) is 0.429. The van der Waals surface area contributed by atoms with Gasteiger partial charge in [0.15, 0.2) is 5.78 Å².